The maximum Gasteiger partial charge on any atom is 0.268 e. The van der Waals surface area contributed by atoms with E-state index < -0.39 is 0 Å². The topological polar surface area (TPSA) is 47.4 Å². The van der Waals surface area contributed by atoms with Gasteiger partial charge in [0, 0.05) is 38.7 Å². The summed E-state index contributed by atoms with van der Waals surface area (Å²) in [7, 11) is 1.75. The Balaban J connectivity index is 1.97. The maximum atomic E-state index is 12.0. The van der Waals surface area contributed by atoms with E-state index in [-0.39, 0.29) is 5.56 Å². The number of piperidine rings is 1. The van der Waals surface area contributed by atoms with Crippen molar-refractivity contribution < 1.29 is 4.74 Å². The molecule has 5 nitrogen and oxygen atoms in total. The average molecular weight is 300 g/mol. The van der Waals surface area contributed by atoms with Crippen molar-refractivity contribution in [2.24, 2.45) is 0 Å². The molecule has 0 unspecified atom stereocenters. The quantitative estimate of drug-likeness (QED) is 0.594. The van der Waals surface area contributed by atoms with Crippen molar-refractivity contribution >= 4 is 17.3 Å². The molecule has 0 atom stereocenters. The van der Waals surface area contributed by atoms with E-state index in [1.165, 1.54) is 4.68 Å². The van der Waals surface area contributed by atoms with E-state index in [9.17, 15) is 4.79 Å². The molecule has 1 saturated heterocycles. The van der Waals surface area contributed by atoms with Crippen LogP contribution in [0, 0.1) is 0 Å². The van der Waals surface area contributed by atoms with Gasteiger partial charge in [0.1, 0.15) is 0 Å². The van der Waals surface area contributed by atoms with Gasteiger partial charge in [0.2, 0.25) is 0 Å². The average Bonchev–Trinajstić information content (AvgIpc) is 2.49. The van der Waals surface area contributed by atoms with E-state index in [1.807, 2.05) is 0 Å². The Kier molecular flexibility index (Phi) is 5.86. The molecule has 0 saturated carbocycles. The van der Waals surface area contributed by atoms with Crippen molar-refractivity contribution in [1.82, 2.24) is 9.78 Å². The molecule has 2 rings (SSSR count). The Morgan fingerprint density at radius 1 is 1.40 bits per heavy atom. The Labute approximate surface area is 124 Å². The van der Waals surface area contributed by atoms with E-state index in [0.717, 1.165) is 44.5 Å². The molecule has 0 aliphatic carbocycles. The van der Waals surface area contributed by atoms with Crippen LogP contribution in [0.5, 0.6) is 0 Å². The summed E-state index contributed by atoms with van der Waals surface area (Å²) in [5, 5.41) is 4.25. The van der Waals surface area contributed by atoms with Gasteiger partial charge in [-0.15, -0.1) is 11.6 Å². The molecule has 1 fully saturated rings. The van der Waals surface area contributed by atoms with Crippen LogP contribution in [0.4, 0.5) is 5.69 Å². The lowest BCUT2D eigenvalue weighted by Gasteiger charge is -2.32. The van der Waals surface area contributed by atoms with Gasteiger partial charge < -0.3 is 9.64 Å². The van der Waals surface area contributed by atoms with Crippen LogP contribution >= 0.6 is 11.6 Å². The molecule has 0 amide bonds. The molecule has 0 spiro atoms. The number of ether oxygens (including phenoxy) is 1. The number of aryl methyl sites for hydroxylation is 1. The molecule has 0 bridgehead atoms. The van der Waals surface area contributed by atoms with Gasteiger partial charge in [-0.1, -0.05) is 0 Å². The first-order valence-corrected chi connectivity index (χ1v) is 7.69. The van der Waals surface area contributed by atoms with Crippen LogP contribution in [0.2, 0.25) is 0 Å². The molecule has 112 valence electrons. The number of unbranched alkanes of at least 4 members (excludes halogenated alkanes) is 1. The third-order valence-electron chi connectivity index (χ3n) is 3.75. The fourth-order valence-corrected chi connectivity index (χ4v) is 2.66. The normalized spacial score (nSPS) is 16.6. The third-order valence-corrected chi connectivity index (χ3v) is 4.02. The molecule has 1 aliphatic heterocycles. The van der Waals surface area contributed by atoms with Gasteiger partial charge in [0.25, 0.3) is 5.56 Å². The van der Waals surface area contributed by atoms with E-state index in [0.29, 0.717) is 18.5 Å². The lowest BCUT2D eigenvalue weighted by molar-refractivity contribution is 0.0819. The van der Waals surface area contributed by atoms with E-state index in [1.54, 1.807) is 19.4 Å². The highest BCUT2D eigenvalue weighted by Crippen LogP contribution is 2.18. The van der Waals surface area contributed by atoms with Gasteiger partial charge in [-0.2, -0.15) is 5.10 Å². The van der Waals surface area contributed by atoms with Gasteiger partial charge in [-0.3, -0.25) is 4.79 Å². The van der Waals surface area contributed by atoms with Gasteiger partial charge in [0.05, 0.1) is 18.0 Å². The Morgan fingerprint density at radius 3 is 2.75 bits per heavy atom. The Morgan fingerprint density at radius 2 is 2.15 bits per heavy atom. The van der Waals surface area contributed by atoms with Crippen molar-refractivity contribution in [1.29, 1.82) is 0 Å². The second kappa shape index (κ2) is 7.64. The maximum absolute atomic E-state index is 12.0. The number of alkyl halides is 1. The molecular weight excluding hydrogens is 278 g/mol. The summed E-state index contributed by atoms with van der Waals surface area (Å²) in [6.45, 7) is 2.46. The molecular formula is C14H22ClN3O2. The molecule has 0 N–H and O–H groups in total. The van der Waals surface area contributed by atoms with Gasteiger partial charge in [0.15, 0.2) is 0 Å². The number of methoxy groups -OCH3 is 1. The zero-order chi connectivity index (χ0) is 14.4. The molecule has 6 heteroatoms. The fourth-order valence-electron chi connectivity index (χ4n) is 2.47. The number of nitrogens with zero attached hydrogens (tertiary/aromatic N) is 3. The van der Waals surface area contributed by atoms with Crippen molar-refractivity contribution in [3.63, 3.8) is 0 Å². The number of aromatic nitrogens is 2. The molecule has 2 heterocycles. The van der Waals surface area contributed by atoms with Gasteiger partial charge in [-0.25, -0.2) is 4.68 Å². The van der Waals surface area contributed by atoms with Crippen LogP contribution in [0.3, 0.4) is 0 Å². The summed E-state index contributed by atoms with van der Waals surface area (Å²) in [5.74, 6) is 0.626. The first-order valence-electron chi connectivity index (χ1n) is 7.15. The molecule has 0 aromatic carbocycles. The highest BCUT2D eigenvalue weighted by atomic mass is 35.5. The van der Waals surface area contributed by atoms with Gasteiger partial charge >= 0.3 is 0 Å². The smallest absolute Gasteiger partial charge is 0.268 e. The molecule has 20 heavy (non-hydrogen) atoms. The van der Waals surface area contributed by atoms with Crippen LogP contribution in [-0.4, -0.2) is 42.0 Å². The number of anilines is 1. The molecule has 0 radical (unpaired) electrons. The summed E-state index contributed by atoms with van der Waals surface area (Å²) < 4.78 is 6.87. The minimum atomic E-state index is -0.0362. The van der Waals surface area contributed by atoms with Crippen molar-refractivity contribution in [3.8, 4) is 0 Å². The Bertz CT molecular complexity index is 470. The number of hydrogen-bond donors (Lipinski definition) is 0. The third kappa shape index (κ3) is 3.96. The Hall–Kier alpha value is -1.07. The largest absolute Gasteiger partial charge is 0.381 e. The summed E-state index contributed by atoms with van der Waals surface area (Å²) in [5.41, 5.74) is 0.879. The zero-order valence-corrected chi connectivity index (χ0v) is 12.7. The predicted molar refractivity (Wildman–Crippen MR) is 80.7 cm³/mol. The van der Waals surface area contributed by atoms with E-state index in [4.69, 9.17) is 16.3 Å². The minimum Gasteiger partial charge on any atom is -0.381 e. The monoisotopic (exact) mass is 299 g/mol. The summed E-state index contributed by atoms with van der Waals surface area (Å²) in [6.07, 6.45) is 5.91. The highest BCUT2D eigenvalue weighted by Gasteiger charge is 2.19. The number of hydrogen-bond acceptors (Lipinski definition) is 4. The summed E-state index contributed by atoms with van der Waals surface area (Å²) in [6, 6.07) is 1.68. The van der Waals surface area contributed by atoms with E-state index >= 15 is 0 Å². The lowest BCUT2D eigenvalue weighted by atomic mass is 10.1. The van der Waals surface area contributed by atoms with Crippen LogP contribution in [-0.2, 0) is 11.3 Å². The first-order chi connectivity index (χ1) is 9.74. The molecule has 1 aliphatic rings. The molecule has 1 aromatic rings. The van der Waals surface area contributed by atoms with Crippen molar-refractivity contribution in [2.75, 3.05) is 31.0 Å². The van der Waals surface area contributed by atoms with Crippen LogP contribution in [0.15, 0.2) is 17.1 Å². The molecule has 1 aromatic heterocycles. The zero-order valence-electron chi connectivity index (χ0n) is 11.9. The van der Waals surface area contributed by atoms with Crippen LogP contribution < -0.4 is 10.5 Å². The SMILES string of the molecule is COC1CCN(c2cnn(CCCCCl)c(=O)c2)CC1. The van der Waals surface area contributed by atoms with Crippen LogP contribution in [0.1, 0.15) is 25.7 Å². The van der Waals surface area contributed by atoms with E-state index in [2.05, 4.69) is 10.00 Å². The number of halogens is 1. The predicted octanol–water partition coefficient (Wildman–Crippen LogP) is 1.88. The first kappa shape index (κ1) is 15.3. The number of rotatable bonds is 6. The van der Waals surface area contributed by atoms with Gasteiger partial charge in [-0.05, 0) is 25.7 Å². The van der Waals surface area contributed by atoms with Crippen LogP contribution in [0.25, 0.3) is 0 Å². The van der Waals surface area contributed by atoms with Crippen molar-refractivity contribution in [2.45, 2.75) is 38.3 Å². The lowest BCUT2D eigenvalue weighted by Crippen LogP contribution is -2.37. The minimum absolute atomic E-state index is 0.0362. The summed E-state index contributed by atoms with van der Waals surface area (Å²) >= 11 is 5.63. The second-order valence-corrected chi connectivity index (χ2v) is 5.47. The standard InChI is InChI=1S/C14H22ClN3O2/c1-20-13-4-8-17(9-5-13)12-10-14(19)18(16-11-12)7-3-2-6-15/h10-11,13H,2-9H2,1H3. The second-order valence-electron chi connectivity index (χ2n) is 5.09. The summed E-state index contributed by atoms with van der Waals surface area (Å²) in [4.78, 5) is 14.2. The van der Waals surface area contributed by atoms with Crippen molar-refractivity contribution in [3.05, 3.63) is 22.6 Å². The highest BCUT2D eigenvalue weighted by molar-refractivity contribution is 6.17. The fraction of sp³-hybridized carbons (Fsp3) is 0.714.